The molecule has 5 heteroatoms. The van der Waals surface area contributed by atoms with Gasteiger partial charge in [-0.25, -0.2) is 4.79 Å². The summed E-state index contributed by atoms with van der Waals surface area (Å²) in [5, 5.41) is 3.13. The highest BCUT2D eigenvalue weighted by molar-refractivity contribution is 5.93. The molecular weight excluding hydrogens is 350 g/mol. The Balaban J connectivity index is 1.38. The molecule has 28 heavy (non-hydrogen) atoms. The zero-order valence-corrected chi connectivity index (χ0v) is 17.5. The van der Waals surface area contributed by atoms with Crippen LogP contribution in [0.4, 0.5) is 5.69 Å². The summed E-state index contributed by atoms with van der Waals surface area (Å²) in [7, 11) is 3.55. The summed E-state index contributed by atoms with van der Waals surface area (Å²) in [6, 6.07) is 5.73. The smallest absolute Gasteiger partial charge is 0.326 e. The third-order valence-corrected chi connectivity index (χ3v) is 7.83. The topological polar surface area (TPSA) is 56.0 Å². The number of imidazole rings is 1. The van der Waals surface area contributed by atoms with Gasteiger partial charge in [-0.1, -0.05) is 13.8 Å². The zero-order valence-electron chi connectivity index (χ0n) is 17.5. The molecule has 0 radical (unpaired) electrons. The van der Waals surface area contributed by atoms with Crippen molar-refractivity contribution in [2.24, 2.45) is 36.3 Å². The fourth-order valence-corrected chi connectivity index (χ4v) is 8.01. The Morgan fingerprint density at radius 3 is 2.32 bits per heavy atom. The van der Waals surface area contributed by atoms with E-state index in [1.54, 1.807) is 23.2 Å². The van der Waals surface area contributed by atoms with Crippen LogP contribution in [-0.2, 0) is 18.9 Å². The predicted octanol–water partition coefficient (Wildman–Crippen LogP) is 4.20. The van der Waals surface area contributed by atoms with E-state index in [0.29, 0.717) is 17.3 Å². The predicted molar refractivity (Wildman–Crippen MR) is 111 cm³/mol. The number of anilines is 1. The van der Waals surface area contributed by atoms with Gasteiger partial charge in [0, 0.05) is 26.2 Å². The number of nitrogens with zero attached hydrogens (tertiary/aromatic N) is 2. The summed E-state index contributed by atoms with van der Waals surface area (Å²) < 4.78 is 3.27. The molecule has 4 fully saturated rings. The van der Waals surface area contributed by atoms with Crippen LogP contribution >= 0.6 is 0 Å². The molecular formula is C23H31N3O2. The van der Waals surface area contributed by atoms with Crippen LogP contribution in [0.2, 0.25) is 0 Å². The molecule has 2 aromatic rings. The Labute approximate surface area is 166 Å². The van der Waals surface area contributed by atoms with Crippen LogP contribution in [0.25, 0.3) is 11.0 Å². The van der Waals surface area contributed by atoms with Gasteiger partial charge in [-0.05, 0) is 78.9 Å². The number of hydrogen-bond donors (Lipinski definition) is 1. The van der Waals surface area contributed by atoms with Crippen molar-refractivity contribution in [1.29, 1.82) is 0 Å². The number of benzene rings is 1. The minimum atomic E-state index is -0.0477. The van der Waals surface area contributed by atoms with Crippen molar-refractivity contribution < 1.29 is 4.79 Å². The Kier molecular flexibility index (Phi) is 3.55. The van der Waals surface area contributed by atoms with Crippen molar-refractivity contribution in [2.45, 2.75) is 58.8 Å². The summed E-state index contributed by atoms with van der Waals surface area (Å²) in [6.45, 7) is 4.90. The fraction of sp³-hybridized carbons (Fsp3) is 0.652. The van der Waals surface area contributed by atoms with Crippen LogP contribution in [0.3, 0.4) is 0 Å². The van der Waals surface area contributed by atoms with Gasteiger partial charge in [0.05, 0.1) is 11.0 Å². The Hall–Kier alpha value is -2.04. The molecule has 5 nitrogen and oxygen atoms in total. The van der Waals surface area contributed by atoms with Gasteiger partial charge in [0.1, 0.15) is 0 Å². The summed E-state index contributed by atoms with van der Waals surface area (Å²) in [6.07, 6.45) is 8.28. The van der Waals surface area contributed by atoms with E-state index in [4.69, 9.17) is 0 Å². The number of carbonyl (C=O) groups excluding carboxylic acids is 1. The van der Waals surface area contributed by atoms with Crippen LogP contribution < -0.4 is 11.0 Å². The largest absolute Gasteiger partial charge is 0.328 e. The molecule has 6 rings (SSSR count). The van der Waals surface area contributed by atoms with Gasteiger partial charge in [-0.15, -0.1) is 0 Å². The van der Waals surface area contributed by atoms with E-state index < -0.39 is 0 Å². The molecule has 4 aliphatic carbocycles. The second-order valence-electron chi connectivity index (χ2n) is 11.0. The van der Waals surface area contributed by atoms with E-state index in [1.165, 1.54) is 38.5 Å². The molecule has 1 N–H and O–H groups in total. The molecule has 1 heterocycles. The number of nitrogens with one attached hydrogen (secondary N) is 1. The standard InChI is InChI=1S/C23H31N3O2/c1-21-8-15-9-22(2,12-21)14-23(10-15,13-21)11-19(27)24-16-5-6-17-18(7-16)26(4)20(28)25(17)3/h5-7,15H,8-14H2,1-4H3,(H,24,27)/t15?,21-,22-,23?/m0/s1. The molecule has 4 aliphatic rings. The van der Waals surface area contributed by atoms with E-state index in [-0.39, 0.29) is 17.0 Å². The monoisotopic (exact) mass is 381 g/mol. The summed E-state index contributed by atoms with van der Waals surface area (Å²) in [4.78, 5) is 25.2. The lowest BCUT2D eigenvalue weighted by Crippen LogP contribution is -2.55. The normalized spacial score (nSPS) is 36.2. The molecule has 150 valence electrons. The van der Waals surface area contributed by atoms with E-state index in [9.17, 15) is 9.59 Å². The molecule has 1 aromatic carbocycles. The number of fused-ring (bicyclic) bond motifs is 1. The first-order chi connectivity index (χ1) is 13.1. The second-order valence-corrected chi connectivity index (χ2v) is 11.0. The zero-order chi connectivity index (χ0) is 19.9. The summed E-state index contributed by atoms with van der Waals surface area (Å²) in [5.41, 5.74) is 3.49. The number of hydrogen-bond acceptors (Lipinski definition) is 2. The lowest BCUT2D eigenvalue weighted by atomic mass is 9.40. The maximum Gasteiger partial charge on any atom is 0.328 e. The highest BCUT2D eigenvalue weighted by Gasteiger charge is 2.60. The average molecular weight is 382 g/mol. The van der Waals surface area contributed by atoms with E-state index in [2.05, 4.69) is 19.2 Å². The van der Waals surface area contributed by atoms with E-state index in [1.807, 2.05) is 18.2 Å². The number of aryl methyl sites for hydroxylation is 2. The van der Waals surface area contributed by atoms with Gasteiger partial charge in [-0.2, -0.15) is 0 Å². The molecule has 1 aromatic heterocycles. The molecule has 4 bridgehead atoms. The number of carbonyl (C=O) groups is 1. The molecule has 2 atom stereocenters. The average Bonchev–Trinajstić information content (AvgIpc) is 2.75. The van der Waals surface area contributed by atoms with Crippen LogP contribution in [0.5, 0.6) is 0 Å². The first-order valence-electron chi connectivity index (χ1n) is 10.5. The lowest BCUT2D eigenvalue weighted by molar-refractivity contribution is -0.153. The SMILES string of the molecule is Cn1c(=O)n(C)c2cc(NC(=O)CC34CC5C[C@](C)(C3)C[C@](C)(C5)C4)ccc21. The number of rotatable bonds is 3. The maximum atomic E-state index is 13.0. The van der Waals surface area contributed by atoms with Gasteiger partial charge in [0.2, 0.25) is 5.91 Å². The third-order valence-electron chi connectivity index (χ3n) is 7.83. The molecule has 1 amide bonds. The third kappa shape index (κ3) is 2.66. The van der Waals surface area contributed by atoms with Crippen molar-refractivity contribution in [3.8, 4) is 0 Å². The highest BCUT2D eigenvalue weighted by Crippen LogP contribution is 2.70. The Morgan fingerprint density at radius 1 is 1.04 bits per heavy atom. The van der Waals surface area contributed by atoms with Crippen molar-refractivity contribution in [1.82, 2.24) is 9.13 Å². The van der Waals surface area contributed by atoms with Gasteiger partial charge in [0.25, 0.3) is 0 Å². The van der Waals surface area contributed by atoms with Crippen LogP contribution in [0.15, 0.2) is 23.0 Å². The van der Waals surface area contributed by atoms with Crippen molar-refractivity contribution in [3.05, 3.63) is 28.7 Å². The van der Waals surface area contributed by atoms with E-state index in [0.717, 1.165) is 22.6 Å². The Bertz CT molecular complexity index is 1030. The van der Waals surface area contributed by atoms with Gasteiger partial charge in [0.15, 0.2) is 0 Å². The maximum absolute atomic E-state index is 13.0. The van der Waals surface area contributed by atoms with E-state index >= 15 is 0 Å². The van der Waals surface area contributed by atoms with Gasteiger partial charge in [-0.3, -0.25) is 13.9 Å². The lowest BCUT2D eigenvalue weighted by Gasteiger charge is -2.65. The van der Waals surface area contributed by atoms with Gasteiger partial charge < -0.3 is 5.32 Å². The minimum absolute atomic E-state index is 0.0477. The molecule has 0 unspecified atom stereocenters. The molecule has 0 aliphatic heterocycles. The van der Waals surface area contributed by atoms with Crippen LogP contribution in [0, 0.1) is 22.2 Å². The first-order valence-corrected chi connectivity index (χ1v) is 10.5. The summed E-state index contributed by atoms with van der Waals surface area (Å²) >= 11 is 0. The van der Waals surface area contributed by atoms with Gasteiger partial charge >= 0.3 is 5.69 Å². The van der Waals surface area contributed by atoms with Crippen LogP contribution in [0.1, 0.15) is 58.8 Å². The minimum Gasteiger partial charge on any atom is -0.326 e. The highest BCUT2D eigenvalue weighted by atomic mass is 16.2. The number of amides is 1. The molecule has 0 saturated heterocycles. The fourth-order valence-electron chi connectivity index (χ4n) is 8.01. The first kappa shape index (κ1) is 18.0. The van der Waals surface area contributed by atoms with Crippen molar-refractivity contribution in [3.63, 3.8) is 0 Å². The molecule has 0 spiro atoms. The number of aromatic nitrogens is 2. The Morgan fingerprint density at radius 2 is 1.68 bits per heavy atom. The second kappa shape index (κ2) is 5.52. The summed E-state index contributed by atoms with van der Waals surface area (Å²) in [5.74, 6) is 0.920. The van der Waals surface area contributed by atoms with Crippen molar-refractivity contribution in [2.75, 3.05) is 5.32 Å². The quantitative estimate of drug-likeness (QED) is 0.866. The molecule has 4 saturated carbocycles. The van der Waals surface area contributed by atoms with Crippen molar-refractivity contribution >= 4 is 22.6 Å². The van der Waals surface area contributed by atoms with Crippen LogP contribution in [-0.4, -0.2) is 15.0 Å².